The minimum atomic E-state index is -0.312. The van der Waals surface area contributed by atoms with Gasteiger partial charge in [-0.2, -0.15) is 0 Å². The first-order valence-electron chi connectivity index (χ1n) is 12.7. The Morgan fingerprint density at radius 3 is 2.05 bits per heavy atom. The van der Waals surface area contributed by atoms with E-state index in [9.17, 15) is 4.39 Å². The number of nitrogens with zero attached hydrogens (tertiary/aromatic N) is 2. The lowest BCUT2D eigenvalue weighted by atomic mass is 9.96. The normalized spacial score (nSPS) is 10.7. The molecule has 5 aromatic carbocycles. The van der Waals surface area contributed by atoms with Crippen LogP contribution in [0.4, 0.5) is 4.39 Å². The zero-order chi connectivity index (χ0) is 27.5. The number of hydrogen-bond donors (Lipinski definition) is 0. The number of aromatic nitrogens is 2. The number of rotatable bonds is 4. The van der Waals surface area contributed by atoms with Crippen molar-refractivity contribution >= 4 is 22.5 Å². The summed E-state index contributed by atoms with van der Waals surface area (Å²) in [6, 6.07) is 35.6. The van der Waals surface area contributed by atoms with Crippen molar-refractivity contribution in [3.05, 3.63) is 137 Å². The Morgan fingerprint density at radius 2 is 1.35 bits per heavy atom. The molecule has 1 aromatic heterocycles. The van der Waals surface area contributed by atoms with Crippen LogP contribution in [0.2, 0.25) is 5.02 Å². The van der Waals surface area contributed by atoms with Gasteiger partial charge in [-0.15, -0.1) is 0 Å². The smallest absolute Gasteiger partial charge is 0.160 e. The van der Waals surface area contributed by atoms with Crippen molar-refractivity contribution in [2.75, 3.05) is 7.11 Å². The second-order valence-electron chi connectivity index (χ2n) is 9.17. The molecule has 6 aromatic rings. The molecule has 6 rings (SSSR count). The molecule has 0 amide bonds. The summed E-state index contributed by atoms with van der Waals surface area (Å²) in [5.74, 6) is 7.65. The summed E-state index contributed by atoms with van der Waals surface area (Å²) in [5, 5.41) is 1.44. The SMILES string of the molecule is COc1ccc(-c2cc(C#Cc3ccccc3)c3nc(-c4ccc(Cl)cc4)nc(-c4ccc(F)cc4)c3c2)cc1. The molecule has 0 aliphatic rings. The van der Waals surface area contributed by atoms with E-state index in [4.69, 9.17) is 26.3 Å². The molecule has 0 N–H and O–H groups in total. The van der Waals surface area contributed by atoms with Crippen LogP contribution in [0.3, 0.4) is 0 Å². The number of fused-ring (bicyclic) bond motifs is 1. The topological polar surface area (TPSA) is 35.0 Å². The van der Waals surface area contributed by atoms with Crippen molar-refractivity contribution in [3.8, 4) is 51.4 Å². The van der Waals surface area contributed by atoms with Gasteiger partial charge in [-0.05, 0) is 96.1 Å². The van der Waals surface area contributed by atoms with E-state index in [1.807, 2.05) is 84.9 Å². The Balaban J connectivity index is 1.65. The summed E-state index contributed by atoms with van der Waals surface area (Å²) in [6.45, 7) is 0. The van der Waals surface area contributed by atoms with E-state index in [0.29, 0.717) is 22.1 Å². The van der Waals surface area contributed by atoms with Crippen LogP contribution in [-0.4, -0.2) is 17.1 Å². The van der Waals surface area contributed by atoms with Gasteiger partial charge < -0.3 is 4.74 Å². The molecule has 0 aliphatic heterocycles. The first kappa shape index (κ1) is 25.3. The molecule has 0 unspecified atom stereocenters. The van der Waals surface area contributed by atoms with Crippen molar-refractivity contribution in [1.29, 1.82) is 0 Å². The standard InChI is InChI=1S/C35H22ClFN2O/c1-40-31-19-13-24(14-20-31)28-21-27(8-7-23-5-3-2-4-6-23)34-32(22-28)33(25-11-17-30(37)18-12-25)38-35(39-34)26-9-15-29(36)16-10-26/h2-6,9-22H,1H3. The van der Waals surface area contributed by atoms with E-state index in [1.54, 1.807) is 19.2 Å². The number of methoxy groups -OCH3 is 1. The maximum Gasteiger partial charge on any atom is 0.160 e. The van der Waals surface area contributed by atoms with Gasteiger partial charge in [0, 0.05) is 27.1 Å². The van der Waals surface area contributed by atoms with Gasteiger partial charge in [-0.1, -0.05) is 53.8 Å². The molecule has 1 heterocycles. The molecule has 0 radical (unpaired) electrons. The van der Waals surface area contributed by atoms with E-state index in [-0.39, 0.29) is 5.82 Å². The van der Waals surface area contributed by atoms with Gasteiger partial charge >= 0.3 is 0 Å². The predicted octanol–water partition coefficient (Wildman–Crippen LogP) is 8.83. The molecule has 3 nitrogen and oxygen atoms in total. The first-order chi connectivity index (χ1) is 19.6. The van der Waals surface area contributed by atoms with Crippen LogP contribution >= 0.6 is 11.6 Å². The fourth-order valence-corrected chi connectivity index (χ4v) is 4.62. The summed E-state index contributed by atoms with van der Waals surface area (Å²) < 4.78 is 19.3. The van der Waals surface area contributed by atoms with Crippen LogP contribution in [0.5, 0.6) is 5.75 Å². The van der Waals surface area contributed by atoms with Crippen LogP contribution in [0.15, 0.2) is 115 Å². The molecule has 0 bridgehead atoms. The maximum absolute atomic E-state index is 13.9. The lowest BCUT2D eigenvalue weighted by Gasteiger charge is -2.13. The summed E-state index contributed by atoms with van der Waals surface area (Å²) in [4.78, 5) is 9.98. The van der Waals surface area contributed by atoms with E-state index in [0.717, 1.165) is 44.5 Å². The third-order valence-electron chi connectivity index (χ3n) is 6.56. The molecule has 0 saturated carbocycles. The van der Waals surface area contributed by atoms with E-state index in [1.165, 1.54) is 12.1 Å². The second kappa shape index (κ2) is 11.0. The van der Waals surface area contributed by atoms with Crippen LogP contribution in [0, 0.1) is 17.7 Å². The van der Waals surface area contributed by atoms with Crippen LogP contribution < -0.4 is 4.74 Å². The minimum Gasteiger partial charge on any atom is -0.497 e. The largest absolute Gasteiger partial charge is 0.497 e. The van der Waals surface area contributed by atoms with Gasteiger partial charge in [-0.25, -0.2) is 14.4 Å². The van der Waals surface area contributed by atoms with Crippen LogP contribution in [0.25, 0.3) is 44.7 Å². The summed E-state index contributed by atoms with van der Waals surface area (Å²) in [7, 11) is 1.65. The Bertz CT molecular complexity index is 1870. The van der Waals surface area contributed by atoms with Gasteiger partial charge in [0.15, 0.2) is 5.82 Å². The molecule has 0 saturated heterocycles. The summed E-state index contributed by atoms with van der Waals surface area (Å²) in [5.41, 5.74) is 6.60. The predicted molar refractivity (Wildman–Crippen MR) is 160 cm³/mol. The van der Waals surface area contributed by atoms with Crippen molar-refractivity contribution in [2.45, 2.75) is 0 Å². The second-order valence-corrected chi connectivity index (χ2v) is 9.61. The van der Waals surface area contributed by atoms with Crippen LogP contribution in [0.1, 0.15) is 11.1 Å². The summed E-state index contributed by atoms with van der Waals surface area (Å²) >= 11 is 6.15. The number of halogens is 2. The van der Waals surface area contributed by atoms with Crippen LogP contribution in [-0.2, 0) is 0 Å². The Labute approximate surface area is 236 Å². The van der Waals surface area contributed by atoms with Gasteiger partial charge in [0.2, 0.25) is 0 Å². The third kappa shape index (κ3) is 5.29. The van der Waals surface area contributed by atoms with Gasteiger partial charge in [0.1, 0.15) is 11.6 Å². The zero-order valence-electron chi connectivity index (χ0n) is 21.5. The quantitative estimate of drug-likeness (QED) is 0.209. The highest BCUT2D eigenvalue weighted by atomic mass is 35.5. The Kier molecular flexibility index (Phi) is 6.97. The molecule has 0 spiro atoms. The van der Waals surface area contributed by atoms with E-state index >= 15 is 0 Å². The van der Waals surface area contributed by atoms with Crippen molar-refractivity contribution in [3.63, 3.8) is 0 Å². The lowest BCUT2D eigenvalue weighted by molar-refractivity contribution is 0.415. The van der Waals surface area contributed by atoms with Gasteiger partial charge in [0.25, 0.3) is 0 Å². The zero-order valence-corrected chi connectivity index (χ0v) is 22.3. The molecular formula is C35H22ClFN2O. The number of benzene rings is 5. The lowest BCUT2D eigenvalue weighted by Crippen LogP contribution is -1.98. The average Bonchev–Trinajstić information content (AvgIpc) is 3.00. The highest BCUT2D eigenvalue weighted by Crippen LogP contribution is 2.35. The fraction of sp³-hybridized carbons (Fsp3) is 0.0286. The monoisotopic (exact) mass is 540 g/mol. The molecule has 192 valence electrons. The Hall–Kier alpha value is -4.98. The van der Waals surface area contributed by atoms with Gasteiger partial charge in [0.05, 0.1) is 23.9 Å². The maximum atomic E-state index is 13.9. The molecule has 5 heteroatoms. The average molecular weight is 541 g/mol. The van der Waals surface area contributed by atoms with Crippen molar-refractivity contribution in [2.24, 2.45) is 0 Å². The van der Waals surface area contributed by atoms with E-state index in [2.05, 4.69) is 17.9 Å². The molecule has 0 fully saturated rings. The summed E-state index contributed by atoms with van der Waals surface area (Å²) in [6.07, 6.45) is 0. The number of ether oxygens (including phenoxy) is 1. The fourth-order valence-electron chi connectivity index (χ4n) is 4.49. The molecule has 0 aliphatic carbocycles. The Morgan fingerprint density at radius 1 is 0.675 bits per heavy atom. The molecule has 0 atom stereocenters. The minimum absolute atomic E-state index is 0.312. The van der Waals surface area contributed by atoms with Gasteiger partial charge in [-0.3, -0.25) is 0 Å². The number of hydrogen-bond acceptors (Lipinski definition) is 3. The first-order valence-corrected chi connectivity index (χ1v) is 13.0. The molecular weight excluding hydrogens is 519 g/mol. The molecule has 40 heavy (non-hydrogen) atoms. The third-order valence-corrected chi connectivity index (χ3v) is 6.81. The van der Waals surface area contributed by atoms with Crippen molar-refractivity contribution < 1.29 is 9.13 Å². The highest BCUT2D eigenvalue weighted by Gasteiger charge is 2.16. The highest BCUT2D eigenvalue weighted by molar-refractivity contribution is 6.30. The van der Waals surface area contributed by atoms with E-state index < -0.39 is 0 Å². The van der Waals surface area contributed by atoms with Crippen molar-refractivity contribution in [1.82, 2.24) is 9.97 Å².